The normalized spacial score (nSPS) is 23.7. The molecular weight excluding hydrogens is 310 g/mol. The number of benzene rings is 1. The molecule has 3 rings (SSSR count). The molecule has 0 aliphatic carbocycles. The van der Waals surface area contributed by atoms with Crippen LogP contribution < -0.4 is 0 Å². The summed E-state index contributed by atoms with van der Waals surface area (Å²) in [5.74, 6) is -1.08. The van der Waals surface area contributed by atoms with E-state index >= 15 is 0 Å². The van der Waals surface area contributed by atoms with E-state index in [0.717, 1.165) is 9.01 Å². The molecule has 5 nitrogen and oxygen atoms in total. The summed E-state index contributed by atoms with van der Waals surface area (Å²) in [6.45, 7) is 1.76. The van der Waals surface area contributed by atoms with Crippen LogP contribution in [0.3, 0.4) is 0 Å². The third-order valence-electron chi connectivity index (χ3n) is 3.89. The second kappa shape index (κ2) is 5.08. The van der Waals surface area contributed by atoms with Crippen LogP contribution in [0.1, 0.15) is 19.8 Å². The Balaban J connectivity index is 2.13. The molecule has 0 bridgehead atoms. The highest BCUT2D eigenvalue weighted by atomic mass is 32.2. The fourth-order valence-corrected chi connectivity index (χ4v) is 6.18. The lowest BCUT2D eigenvalue weighted by Gasteiger charge is -2.24. The van der Waals surface area contributed by atoms with Crippen molar-refractivity contribution in [2.45, 2.75) is 36.7 Å². The van der Waals surface area contributed by atoms with Crippen molar-refractivity contribution >= 4 is 37.4 Å². The van der Waals surface area contributed by atoms with Crippen LogP contribution in [-0.2, 0) is 14.8 Å². The van der Waals surface area contributed by atoms with E-state index in [1.54, 1.807) is 24.4 Å². The van der Waals surface area contributed by atoms with E-state index in [-0.39, 0.29) is 10.9 Å². The van der Waals surface area contributed by atoms with Gasteiger partial charge in [0.05, 0.1) is 0 Å². The zero-order valence-corrected chi connectivity index (χ0v) is 13.0. The minimum atomic E-state index is -3.80. The van der Waals surface area contributed by atoms with Crippen molar-refractivity contribution in [2.24, 2.45) is 0 Å². The van der Waals surface area contributed by atoms with Crippen LogP contribution in [-0.4, -0.2) is 35.9 Å². The molecule has 1 fully saturated rings. The van der Waals surface area contributed by atoms with E-state index in [1.807, 2.05) is 12.1 Å². The number of carboxylic acids is 1. The summed E-state index contributed by atoms with van der Waals surface area (Å²) in [5.41, 5.74) is 0. The van der Waals surface area contributed by atoms with Crippen LogP contribution in [0.5, 0.6) is 0 Å². The van der Waals surface area contributed by atoms with Gasteiger partial charge in [0.25, 0.3) is 0 Å². The first-order valence-corrected chi connectivity index (χ1v) is 8.97. The fraction of sp³-hybridized carbons (Fsp3) is 0.357. The molecule has 112 valence electrons. The molecule has 0 unspecified atom stereocenters. The smallest absolute Gasteiger partial charge is 0.322 e. The SMILES string of the molecule is C[C@@H]1CC[C@H](C(=O)O)N1S(=O)(=O)c1csc2ccccc12. The van der Waals surface area contributed by atoms with Gasteiger partial charge in [-0.3, -0.25) is 4.79 Å². The first kappa shape index (κ1) is 14.5. The summed E-state index contributed by atoms with van der Waals surface area (Å²) < 4.78 is 27.8. The van der Waals surface area contributed by atoms with Gasteiger partial charge in [0.2, 0.25) is 10.0 Å². The van der Waals surface area contributed by atoms with E-state index in [1.165, 1.54) is 11.3 Å². The number of thiophene rings is 1. The van der Waals surface area contributed by atoms with Gasteiger partial charge in [-0.15, -0.1) is 11.3 Å². The van der Waals surface area contributed by atoms with Crippen molar-refractivity contribution in [3.8, 4) is 0 Å². The van der Waals surface area contributed by atoms with Crippen LogP contribution in [0.25, 0.3) is 10.1 Å². The van der Waals surface area contributed by atoms with Crippen molar-refractivity contribution in [2.75, 3.05) is 0 Å². The second-order valence-corrected chi connectivity index (χ2v) is 7.93. The number of hydrogen-bond donors (Lipinski definition) is 1. The standard InChI is InChI=1S/C14H15NO4S2/c1-9-6-7-11(14(16)17)15(9)21(18,19)13-8-20-12-5-3-2-4-10(12)13/h2-5,8-9,11H,6-7H2,1H3,(H,16,17)/t9-,11-/m1/s1. The predicted molar refractivity (Wildman–Crippen MR) is 81.0 cm³/mol. The van der Waals surface area contributed by atoms with Gasteiger partial charge in [-0.1, -0.05) is 18.2 Å². The Bertz CT molecular complexity index is 796. The third-order valence-corrected chi connectivity index (χ3v) is 7.06. The number of aliphatic carboxylic acids is 1. The summed E-state index contributed by atoms with van der Waals surface area (Å²) in [4.78, 5) is 11.5. The van der Waals surface area contributed by atoms with Gasteiger partial charge in [0.1, 0.15) is 10.9 Å². The number of sulfonamides is 1. The van der Waals surface area contributed by atoms with Gasteiger partial charge in [0.15, 0.2) is 0 Å². The summed E-state index contributed by atoms with van der Waals surface area (Å²) in [5, 5.41) is 11.5. The third kappa shape index (κ3) is 2.25. The maximum Gasteiger partial charge on any atom is 0.322 e. The zero-order chi connectivity index (χ0) is 15.2. The van der Waals surface area contributed by atoms with Crippen molar-refractivity contribution in [1.82, 2.24) is 4.31 Å². The minimum absolute atomic E-state index is 0.211. The van der Waals surface area contributed by atoms with E-state index in [4.69, 9.17) is 0 Å². The van der Waals surface area contributed by atoms with Crippen LogP contribution in [0.15, 0.2) is 34.5 Å². The fourth-order valence-electron chi connectivity index (χ4n) is 2.86. The average molecular weight is 325 g/mol. The molecule has 0 amide bonds. The maximum absolute atomic E-state index is 12.9. The number of nitrogens with zero attached hydrogens (tertiary/aromatic N) is 1. The second-order valence-electron chi connectivity index (χ2n) is 5.21. The number of hydrogen-bond acceptors (Lipinski definition) is 4. The number of fused-ring (bicyclic) bond motifs is 1. The van der Waals surface area contributed by atoms with Crippen molar-refractivity contribution in [3.05, 3.63) is 29.6 Å². The van der Waals surface area contributed by atoms with E-state index in [9.17, 15) is 18.3 Å². The molecule has 7 heteroatoms. The van der Waals surface area contributed by atoms with Crippen LogP contribution in [0, 0.1) is 0 Å². The van der Waals surface area contributed by atoms with E-state index < -0.39 is 22.0 Å². The molecule has 2 heterocycles. The monoisotopic (exact) mass is 325 g/mol. The van der Waals surface area contributed by atoms with Gasteiger partial charge in [0, 0.05) is 21.5 Å². The molecule has 2 atom stereocenters. The van der Waals surface area contributed by atoms with Crippen LogP contribution in [0.4, 0.5) is 0 Å². The highest BCUT2D eigenvalue weighted by Crippen LogP contribution is 2.36. The molecule has 1 N–H and O–H groups in total. The molecule has 2 aromatic rings. The predicted octanol–water partition coefficient (Wildman–Crippen LogP) is 2.53. The number of carboxylic acid groups (broad SMARTS) is 1. The summed E-state index contributed by atoms with van der Waals surface area (Å²) >= 11 is 1.36. The van der Waals surface area contributed by atoms with Gasteiger partial charge in [-0.05, 0) is 25.8 Å². The summed E-state index contributed by atoms with van der Waals surface area (Å²) in [6, 6.07) is 6.00. The molecule has 0 radical (unpaired) electrons. The Morgan fingerprint density at radius 1 is 1.33 bits per heavy atom. The lowest BCUT2D eigenvalue weighted by atomic mass is 10.2. The van der Waals surface area contributed by atoms with Crippen LogP contribution >= 0.6 is 11.3 Å². The summed E-state index contributed by atoms with van der Waals surface area (Å²) in [6.07, 6.45) is 0.927. The highest BCUT2D eigenvalue weighted by Gasteiger charge is 2.44. The number of rotatable bonds is 3. The molecule has 21 heavy (non-hydrogen) atoms. The highest BCUT2D eigenvalue weighted by molar-refractivity contribution is 7.89. The molecule has 1 aliphatic rings. The Morgan fingerprint density at radius 3 is 2.76 bits per heavy atom. The van der Waals surface area contributed by atoms with Crippen molar-refractivity contribution in [1.29, 1.82) is 0 Å². The van der Waals surface area contributed by atoms with Crippen molar-refractivity contribution in [3.63, 3.8) is 0 Å². The lowest BCUT2D eigenvalue weighted by Crippen LogP contribution is -2.43. The van der Waals surface area contributed by atoms with Gasteiger partial charge >= 0.3 is 5.97 Å². The zero-order valence-electron chi connectivity index (χ0n) is 11.4. The molecule has 1 aliphatic heterocycles. The molecule has 1 aromatic carbocycles. The number of carbonyl (C=O) groups is 1. The first-order chi connectivity index (χ1) is 9.93. The molecule has 0 saturated carbocycles. The Labute approximate surface area is 126 Å². The van der Waals surface area contributed by atoms with Gasteiger partial charge in [-0.2, -0.15) is 4.31 Å². The lowest BCUT2D eigenvalue weighted by molar-refractivity contribution is -0.140. The van der Waals surface area contributed by atoms with E-state index in [2.05, 4.69) is 0 Å². The molecular formula is C14H15NO4S2. The van der Waals surface area contributed by atoms with Gasteiger partial charge < -0.3 is 5.11 Å². The Kier molecular flexibility index (Phi) is 3.51. The Morgan fingerprint density at radius 2 is 2.05 bits per heavy atom. The molecule has 0 spiro atoms. The average Bonchev–Trinajstić information content (AvgIpc) is 3.02. The largest absolute Gasteiger partial charge is 0.480 e. The van der Waals surface area contributed by atoms with Crippen molar-refractivity contribution < 1.29 is 18.3 Å². The quantitative estimate of drug-likeness (QED) is 0.941. The Hall–Kier alpha value is -1.44. The van der Waals surface area contributed by atoms with Crippen LogP contribution in [0.2, 0.25) is 0 Å². The first-order valence-electron chi connectivity index (χ1n) is 6.65. The minimum Gasteiger partial charge on any atom is -0.480 e. The molecule has 1 aromatic heterocycles. The maximum atomic E-state index is 12.9. The summed E-state index contributed by atoms with van der Waals surface area (Å²) in [7, 11) is -3.80. The topological polar surface area (TPSA) is 74.7 Å². The van der Waals surface area contributed by atoms with Gasteiger partial charge in [-0.25, -0.2) is 8.42 Å². The van der Waals surface area contributed by atoms with E-state index in [0.29, 0.717) is 18.2 Å². The molecule has 1 saturated heterocycles.